The first-order valence-corrected chi connectivity index (χ1v) is 8.89. The van der Waals surface area contributed by atoms with E-state index in [1.54, 1.807) is 12.1 Å². The maximum atomic E-state index is 10.7. The summed E-state index contributed by atoms with van der Waals surface area (Å²) in [7, 11) is 0. The number of rotatable bonds is 2. The molecule has 3 rings (SSSR count). The Kier molecular flexibility index (Phi) is 4.68. The fraction of sp³-hybridized carbons (Fsp3) is 0.348. The molecule has 0 saturated carbocycles. The van der Waals surface area contributed by atoms with Gasteiger partial charge in [-0.3, -0.25) is 4.79 Å². The van der Waals surface area contributed by atoms with Gasteiger partial charge in [-0.25, -0.2) is 0 Å². The zero-order chi connectivity index (χ0) is 18.0. The number of fused-ring (bicyclic) bond motifs is 1. The molecular weight excluding hydrogens is 306 g/mol. The molecule has 0 spiro atoms. The number of carbonyl (C=O) groups is 1. The third-order valence-corrected chi connectivity index (χ3v) is 5.03. The van der Waals surface area contributed by atoms with Crippen LogP contribution in [0.1, 0.15) is 61.2 Å². The Hall–Kier alpha value is -2.53. The van der Waals surface area contributed by atoms with Crippen LogP contribution in [0.3, 0.4) is 0 Å². The van der Waals surface area contributed by atoms with Crippen molar-refractivity contribution in [3.63, 3.8) is 0 Å². The molecule has 0 amide bonds. The van der Waals surface area contributed by atoms with E-state index in [4.69, 9.17) is 0 Å². The molecule has 128 valence electrons. The largest absolute Gasteiger partial charge is 0.369 e. The Bertz CT molecular complexity index is 835. The average molecular weight is 331 g/mol. The molecule has 0 bridgehead atoms. The lowest BCUT2D eigenvalue weighted by Crippen LogP contribution is -2.41. The van der Waals surface area contributed by atoms with Gasteiger partial charge in [-0.15, -0.1) is 0 Å². The minimum atomic E-state index is 0.171. The van der Waals surface area contributed by atoms with Crippen LogP contribution in [-0.4, -0.2) is 18.9 Å². The van der Waals surface area contributed by atoms with Crippen molar-refractivity contribution in [1.29, 1.82) is 0 Å². The number of anilines is 1. The molecule has 1 heterocycles. The van der Waals surface area contributed by atoms with Crippen molar-refractivity contribution in [3.05, 3.63) is 64.7 Å². The van der Waals surface area contributed by atoms with Gasteiger partial charge < -0.3 is 4.90 Å². The topological polar surface area (TPSA) is 20.3 Å². The van der Waals surface area contributed by atoms with E-state index in [1.807, 2.05) is 12.1 Å². The minimum absolute atomic E-state index is 0.171. The van der Waals surface area contributed by atoms with E-state index < -0.39 is 0 Å². The summed E-state index contributed by atoms with van der Waals surface area (Å²) in [6.45, 7) is 10.2. The van der Waals surface area contributed by atoms with Gasteiger partial charge in [-0.05, 0) is 61.6 Å². The molecule has 0 atom stereocenters. The highest BCUT2D eigenvalue weighted by molar-refractivity contribution is 5.75. The monoisotopic (exact) mass is 331 g/mol. The van der Waals surface area contributed by atoms with Gasteiger partial charge in [0.15, 0.2) is 0 Å². The molecular formula is C23H25NO. The van der Waals surface area contributed by atoms with Crippen molar-refractivity contribution < 1.29 is 4.79 Å². The third kappa shape index (κ3) is 3.61. The molecule has 0 aliphatic carbocycles. The Morgan fingerprint density at radius 2 is 1.68 bits per heavy atom. The number of benzene rings is 2. The fourth-order valence-electron chi connectivity index (χ4n) is 3.39. The van der Waals surface area contributed by atoms with Crippen LogP contribution in [0.4, 0.5) is 5.69 Å². The Morgan fingerprint density at radius 1 is 1.04 bits per heavy atom. The van der Waals surface area contributed by atoms with Gasteiger partial charge >= 0.3 is 0 Å². The summed E-state index contributed by atoms with van der Waals surface area (Å²) in [6, 6.07) is 14.5. The molecule has 2 heteroatoms. The van der Waals surface area contributed by atoms with Crippen LogP contribution in [-0.2, 0) is 5.41 Å². The zero-order valence-electron chi connectivity index (χ0n) is 15.5. The van der Waals surface area contributed by atoms with Gasteiger partial charge in [-0.2, -0.15) is 0 Å². The van der Waals surface area contributed by atoms with Crippen molar-refractivity contribution in [2.24, 2.45) is 0 Å². The molecule has 0 radical (unpaired) electrons. The van der Waals surface area contributed by atoms with Crippen LogP contribution in [0.5, 0.6) is 0 Å². The van der Waals surface area contributed by atoms with Gasteiger partial charge in [0.05, 0.1) is 0 Å². The number of hydrogen-bond acceptors (Lipinski definition) is 2. The van der Waals surface area contributed by atoms with Crippen LogP contribution < -0.4 is 4.90 Å². The first-order valence-electron chi connectivity index (χ1n) is 8.89. The summed E-state index contributed by atoms with van der Waals surface area (Å²) in [5.41, 5.74) is 5.53. The number of carbonyl (C=O) groups excluding carboxylic acids is 1. The van der Waals surface area contributed by atoms with Gasteiger partial charge in [0.2, 0.25) is 0 Å². The maximum Gasteiger partial charge on any atom is 0.150 e. The van der Waals surface area contributed by atoms with Crippen molar-refractivity contribution in [2.75, 3.05) is 11.4 Å². The van der Waals surface area contributed by atoms with E-state index in [2.05, 4.69) is 62.6 Å². The molecule has 1 aliphatic rings. The molecule has 2 nitrogen and oxygen atoms in total. The number of aldehydes is 1. The lowest BCUT2D eigenvalue weighted by Gasteiger charge is -2.42. The first kappa shape index (κ1) is 17.3. The smallest absolute Gasteiger partial charge is 0.150 e. The van der Waals surface area contributed by atoms with Gasteiger partial charge in [0.25, 0.3) is 0 Å². The van der Waals surface area contributed by atoms with Crippen molar-refractivity contribution in [2.45, 2.75) is 45.6 Å². The third-order valence-electron chi connectivity index (χ3n) is 5.03. The maximum absolute atomic E-state index is 10.7. The predicted octanol–water partition coefficient (Wildman–Crippen LogP) is 4.80. The van der Waals surface area contributed by atoms with E-state index >= 15 is 0 Å². The quantitative estimate of drug-likeness (QED) is 0.582. The van der Waals surface area contributed by atoms with Gasteiger partial charge in [0.1, 0.15) is 6.29 Å². The van der Waals surface area contributed by atoms with E-state index in [1.165, 1.54) is 11.3 Å². The van der Waals surface area contributed by atoms with E-state index in [0.717, 1.165) is 30.4 Å². The Balaban J connectivity index is 1.95. The molecule has 0 fully saturated rings. The predicted molar refractivity (Wildman–Crippen MR) is 104 cm³/mol. The molecule has 2 aromatic rings. The molecule has 0 N–H and O–H groups in total. The van der Waals surface area contributed by atoms with Gasteiger partial charge in [-0.1, -0.05) is 37.8 Å². The van der Waals surface area contributed by atoms with Crippen LogP contribution >= 0.6 is 0 Å². The molecule has 0 unspecified atom stereocenters. The SMILES string of the molecule is CC(C)N1CCC(C)(C)c2cc(C#Cc3ccc(C=O)cc3)ccc21. The summed E-state index contributed by atoms with van der Waals surface area (Å²) in [5, 5.41) is 0. The van der Waals surface area contributed by atoms with Crippen LogP contribution in [0.25, 0.3) is 0 Å². The minimum Gasteiger partial charge on any atom is -0.369 e. The molecule has 0 saturated heterocycles. The Morgan fingerprint density at radius 3 is 2.32 bits per heavy atom. The van der Waals surface area contributed by atoms with Gasteiger partial charge in [0, 0.05) is 35.0 Å². The summed E-state index contributed by atoms with van der Waals surface area (Å²) >= 11 is 0. The first-order chi connectivity index (χ1) is 11.9. The van der Waals surface area contributed by atoms with Crippen LogP contribution in [0.2, 0.25) is 0 Å². The second-order valence-electron chi connectivity index (χ2n) is 7.64. The summed E-state index contributed by atoms with van der Waals surface area (Å²) in [5.74, 6) is 6.47. The summed E-state index contributed by atoms with van der Waals surface area (Å²) < 4.78 is 0. The molecule has 25 heavy (non-hydrogen) atoms. The average Bonchev–Trinajstić information content (AvgIpc) is 2.60. The standard InChI is InChI=1S/C23H25NO/c1-17(2)24-14-13-23(3,4)21-15-19(11-12-22(21)24)8-5-18-6-9-20(16-25)10-7-18/h6-7,9-12,15-17H,13-14H2,1-4H3. The Labute approximate surface area is 150 Å². The lowest BCUT2D eigenvalue weighted by atomic mass is 9.77. The zero-order valence-corrected chi connectivity index (χ0v) is 15.5. The normalized spacial score (nSPS) is 15.3. The van der Waals surface area contributed by atoms with Crippen molar-refractivity contribution in [3.8, 4) is 11.8 Å². The van der Waals surface area contributed by atoms with Crippen molar-refractivity contribution >= 4 is 12.0 Å². The van der Waals surface area contributed by atoms with Crippen LogP contribution in [0, 0.1) is 11.8 Å². The second-order valence-corrected chi connectivity index (χ2v) is 7.64. The lowest BCUT2D eigenvalue weighted by molar-refractivity contribution is 0.112. The van der Waals surface area contributed by atoms with Crippen LogP contribution in [0.15, 0.2) is 42.5 Å². The highest BCUT2D eigenvalue weighted by Gasteiger charge is 2.32. The summed E-state index contributed by atoms with van der Waals surface area (Å²) in [6.07, 6.45) is 2.01. The molecule has 2 aromatic carbocycles. The number of nitrogens with zero attached hydrogens (tertiary/aromatic N) is 1. The van der Waals surface area contributed by atoms with E-state index in [9.17, 15) is 4.79 Å². The number of hydrogen-bond donors (Lipinski definition) is 0. The fourth-order valence-corrected chi connectivity index (χ4v) is 3.39. The highest BCUT2D eigenvalue weighted by atomic mass is 16.1. The van der Waals surface area contributed by atoms with E-state index in [0.29, 0.717) is 11.6 Å². The summed E-state index contributed by atoms with van der Waals surface area (Å²) in [4.78, 5) is 13.2. The van der Waals surface area contributed by atoms with E-state index in [-0.39, 0.29) is 5.41 Å². The molecule has 0 aromatic heterocycles. The van der Waals surface area contributed by atoms with Crippen molar-refractivity contribution in [1.82, 2.24) is 0 Å². The molecule has 1 aliphatic heterocycles. The second kappa shape index (κ2) is 6.76. The highest BCUT2D eigenvalue weighted by Crippen LogP contribution is 2.40.